The normalized spacial score (nSPS) is 27.2. The molecular weight excluding hydrogens is 172 g/mol. The maximum Gasteiger partial charge on any atom is 0.00244 e. The Kier molecular flexibility index (Phi) is 3.82. The Hall–Kier alpha value is -0.0800. The van der Waals surface area contributed by atoms with Crippen LogP contribution in [-0.4, -0.2) is 31.1 Å². The van der Waals surface area contributed by atoms with Gasteiger partial charge in [-0.3, -0.25) is 0 Å². The first-order valence-corrected chi connectivity index (χ1v) is 6.32. The van der Waals surface area contributed by atoms with Gasteiger partial charge in [-0.25, -0.2) is 0 Å². The van der Waals surface area contributed by atoms with Gasteiger partial charge in [0.1, 0.15) is 0 Å². The molecule has 0 radical (unpaired) electrons. The summed E-state index contributed by atoms with van der Waals surface area (Å²) in [6.45, 7) is 4.83. The van der Waals surface area contributed by atoms with E-state index in [4.69, 9.17) is 5.73 Å². The van der Waals surface area contributed by atoms with Crippen LogP contribution in [-0.2, 0) is 0 Å². The zero-order valence-corrected chi connectivity index (χ0v) is 9.25. The van der Waals surface area contributed by atoms with Crippen molar-refractivity contribution in [2.24, 2.45) is 17.6 Å². The highest BCUT2D eigenvalue weighted by Gasteiger charge is 2.27. The van der Waals surface area contributed by atoms with Gasteiger partial charge in [0.2, 0.25) is 0 Å². The summed E-state index contributed by atoms with van der Waals surface area (Å²) in [6.07, 6.45) is 8.57. The predicted molar refractivity (Wildman–Crippen MR) is 60.2 cm³/mol. The summed E-state index contributed by atoms with van der Waals surface area (Å²) in [6, 6.07) is 0. The number of hydrogen-bond acceptors (Lipinski definition) is 2. The fourth-order valence-corrected chi connectivity index (χ4v) is 2.80. The maximum atomic E-state index is 5.87. The molecule has 1 aliphatic carbocycles. The molecule has 2 nitrogen and oxygen atoms in total. The van der Waals surface area contributed by atoms with Crippen molar-refractivity contribution in [3.8, 4) is 0 Å². The van der Waals surface area contributed by atoms with Crippen molar-refractivity contribution in [2.75, 3.05) is 26.2 Å². The molecule has 14 heavy (non-hydrogen) atoms. The van der Waals surface area contributed by atoms with Gasteiger partial charge in [-0.2, -0.15) is 0 Å². The van der Waals surface area contributed by atoms with Gasteiger partial charge in [0.15, 0.2) is 0 Å². The van der Waals surface area contributed by atoms with Gasteiger partial charge in [-0.05, 0) is 44.3 Å². The topological polar surface area (TPSA) is 29.3 Å². The van der Waals surface area contributed by atoms with E-state index in [1.54, 1.807) is 0 Å². The van der Waals surface area contributed by atoms with E-state index in [2.05, 4.69) is 4.90 Å². The lowest BCUT2D eigenvalue weighted by Crippen LogP contribution is -2.41. The molecule has 1 saturated carbocycles. The third-order valence-corrected chi connectivity index (χ3v) is 4.06. The third kappa shape index (κ3) is 2.48. The van der Waals surface area contributed by atoms with Crippen LogP contribution in [0, 0.1) is 11.8 Å². The second kappa shape index (κ2) is 5.13. The summed E-state index contributed by atoms with van der Waals surface area (Å²) in [5, 5.41) is 0. The monoisotopic (exact) mass is 196 g/mol. The van der Waals surface area contributed by atoms with E-state index < -0.39 is 0 Å². The van der Waals surface area contributed by atoms with E-state index in [-0.39, 0.29) is 0 Å². The van der Waals surface area contributed by atoms with Gasteiger partial charge in [-0.15, -0.1) is 0 Å². The molecule has 1 aliphatic heterocycles. The molecule has 0 aromatic rings. The SMILES string of the molecule is NCC(CN1CCCCC1)C1CCC1. The standard InChI is InChI=1S/C12H24N2/c13-9-12(11-5-4-6-11)10-14-7-2-1-3-8-14/h11-12H,1-10,13H2. The number of hydrogen-bond donors (Lipinski definition) is 1. The lowest BCUT2D eigenvalue weighted by atomic mass is 9.75. The Morgan fingerprint density at radius 2 is 1.79 bits per heavy atom. The van der Waals surface area contributed by atoms with Gasteiger partial charge in [0.25, 0.3) is 0 Å². The summed E-state index contributed by atoms with van der Waals surface area (Å²) in [5.74, 6) is 1.75. The maximum absolute atomic E-state index is 5.87. The highest BCUT2D eigenvalue weighted by molar-refractivity contribution is 4.81. The van der Waals surface area contributed by atoms with E-state index in [1.807, 2.05) is 0 Å². The molecule has 1 atom stereocenters. The molecule has 1 saturated heterocycles. The molecule has 2 N–H and O–H groups in total. The smallest absolute Gasteiger partial charge is 0.00244 e. The van der Waals surface area contributed by atoms with Gasteiger partial charge in [-0.1, -0.05) is 25.7 Å². The first kappa shape index (κ1) is 10.4. The van der Waals surface area contributed by atoms with Crippen molar-refractivity contribution in [3.05, 3.63) is 0 Å². The number of nitrogens with zero attached hydrogens (tertiary/aromatic N) is 1. The van der Waals surface area contributed by atoms with Crippen molar-refractivity contribution in [1.29, 1.82) is 0 Å². The summed E-state index contributed by atoms with van der Waals surface area (Å²) in [7, 11) is 0. The summed E-state index contributed by atoms with van der Waals surface area (Å²) >= 11 is 0. The zero-order chi connectivity index (χ0) is 9.80. The number of nitrogens with two attached hydrogens (primary N) is 1. The molecule has 0 aromatic carbocycles. The van der Waals surface area contributed by atoms with Gasteiger partial charge in [0, 0.05) is 6.54 Å². The average Bonchev–Trinajstić information content (AvgIpc) is 2.15. The van der Waals surface area contributed by atoms with Crippen LogP contribution < -0.4 is 5.73 Å². The van der Waals surface area contributed by atoms with Crippen LogP contribution in [0.1, 0.15) is 38.5 Å². The van der Waals surface area contributed by atoms with Crippen LogP contribution in [0.2, 0.25) is 0 Å². The first-order valence-electron chi connectivity index (χ1n) is 6.32. The Morgan fingerprint density at radius 3 is 2.29 bits per heavy atom. The van der Waals surface area contributed by atoms with Crippen LogP contribution in [0.5, 0.6) is 0 Å². The van der Waals surface area contributed by atoms with E-state index in [0.29, 0.717) is 0 Å². The summed E-state index contributed by atoms with van der Waals surface area (Å²) in [4.78, 5) is 2.64. The third-order valence-electron chi connectivity index (χ3n) is 4.06. The van der Waals surface area contributed by atoms with Crippen molar-refractivity contribution < 1.29 is 0 Å². The fourth-order valence-electron chi connectivity index (χ4n) is 2.80. The molecule has 2 fully saturated rings. The lowest BCUT2D eigenvalue weighted by molar-refractivity contribution is 0.130. The van der Waals surface area contributed by atoms with Crippen molar-refractivity contribution in [2.45, 2.75) is 38.5 Å². The molecular formula is C12H24N2. The average molecular weight is 196 g/mol. The van der Waals surface area contributed by atoms with E-state index in [9.17, 15) is 0 Å². The minimum Gasteiger partial charge on any atom is -0.330 e. The minimum atomic E-state index is 0.793. The highest BCUT2D eigenvalue weighted by atomic mass is 15.1. The van der Waals surface area contributed by atoms with Crippen molar-refractivity contribution in [1.82, 2.24) is 4.90 Å². The summed E-state index contributed by atoms with van der Waals surface area (Å²) < 4.78 is 0. The molecule has 0 bridgehead atoms. The fraction of sp³-hybridized carbons (Fsp3) is 1.00. The van der Waals surface area contributed by atoms with E-state index >= 15 is 0 Å². The Morgan fingerprint density at radius 1 is 1.07 bits per heavy atom. The molecule has 2 rings (SSSR count). The second-order valence-corrected chi connectivity index (χ2v) is 5.05. The van der Waals surface area contributed by atoms with Crippen LogP contribution in [0.4, 0.5) is 0 Å². The number of likely N-dealkylation sites (tertiary alicyclic amines) is 1. The number of piperidine rings is 1. The van der Waals surface area contributed by atoms with E-state index in [0.717, 1.165) is 18.4 Å². The molecule has 2 heteroatoms. The summed E-state index contributed by atoms with van der Waals surface area (Å²) in [5.41, 5.74) is 5.87. The molecule has 1 unspecified atom stereocenters. The molecule has 2 aliphatic rings. The van der Waals surface area contributed by atoms with E-state index in [1.165, 1.54) is 58.2 Å². The first-order chi connectivity index (χ1) is 6.90. The Bertz CT molecular complexity index is 160. The van der Waals surface area contributed by atoms with Gasteiger partial charge < -0.3 is 10.6 Å². The highest BCUT2D eigenvalue weighted by Crippen LogP contribution is 2.33. The Balaban J connectivity index is 1.74. The zero-order valence-electron chi connectivity index (χ0n) is 9.25. The van der Waals surface area contributed by atoms with Crippen LogP contribution >= 0.6 is 0 Å². The van der Waals surface area contributed by atoms with Crippen LogP contribution in [0.15, 0.2) is 0 Å². The van der Waals surface area contributed by atoms with Crippen molar-refractivity contribution >= 4 is 0 Å². The second-order valence-electron chi connectivity index (χ2n) is 5.05. The van der Waals surface area contributed by atoms with Crippen LogP contribution in [0.3, 0.4) is 0 Å². The van der Waals surface area contributed by atoms with Gasteiger partial charge >= 0.3 is 0 Å². The molecule has 0 aromatic heterocycles. The predicted octanol–water partition coefficient (Wildman–Crippen LogP) is 1.85. The molecule has 82 valence electrons. The van der Waals surface area contributed by atoms with Gasteiger partial charge in [0.05, 0.1) is 0 Å². The van der Waals surface area contributed by atoms with Crippen molar-refractivity contribution in [3.63, 3.8) is 0 Å². The minimum absolute atomic E-state index is 0.793. The van der Waals surface area contributed by atoms with Crippen LogP contribution in [0.25, 0.3) is 0 Å². The lowest BCUT2D eigenvalue weighted by Gasteiger charge is -2.37. The molecule has 0 amide bonds. The molecule has 0 spiro atoms. The molecule has 1 heterocycles. The Labute approximate surface area is 87.8 Å². The largest absolute Gasteiger partial charge is 0.330 e. The quantitative estimate of drug-likeness (QED) is 0.743. The number of rotatable bonds is 4.